The standard InChI is InChI=1S/C20H26Cl2N4O2/c1-12-15-6-7-25(17-5-4-13(21)8-16(17)22)19-18(15)20(24-11-23-19)26(12)14(9-27-2)10-28-3/h4-5,8,11-12,14-15,18-19H,6-7,9-10H2,1-3H3. The molecule has 0 radical (unpaired) electrons. The highest BCUT2D eigenvalue weighted by Gasteiger charge is 2.54. The molecule has 4 atom stereocenters. The SMILES string of the molecule is COCC(COC)N1C2=NC=NC3C2C(CCN3c2ccc(Cl)cc2Cl)C1C. The third-order valence-electron chi connectivity index (χ3n) is 6.17. The van der Waals surface area contributed by atoms with E-state index in [9.17, 15) is 0 Å². The smallest absolute Gasteiger partial charge is 0.133 e. The molecule has 28 heavy (non-hydrogen) atoms. The highest BCUT2D eigenvalue weighted by atomic mass is 35.5. The third-order valence-corrected chi connectivity index (χ3v) is 6.70. The number of aliphatic imine (C=N–C) groups is 2. The van der Waals surface area contributed by atoms with Gasteiger partial charge in [0.1, 0.15) is 18.3 Å². The molecule has 0 amide bonds. The zero-order valence-corrected chi connectivity index (χ0v) is 17.9. The quantitative estimate of drug-likeness (QED) is 0.700. The molecule has 152 valence electrons. The lowest BCUT2D eigenvalue weighted by molar-refractivity contribution is 0.0514. The largest absolute Gasteiger partial charge is 0.382 e. The van der Waals surface area contributed by atoms with Gasteiger partial charge in [0.15, 0.2) is 0 Å². The lowest BCUT2D eigenvalue weighted by Crippen LogP contribution is -2.51. The van der Waals surface area contributed by atoms with Crippen molar-refractivity contribution in [2.45, 2.75) is 31.6 Å². The van der Waals surface area contributed by atoms with Crippen molar-refractivity contribution in [1.82, 2.24) is 4.90 Å². The molecule has 1 aromatic carbocycles. The van der Waals surface area contributed by atoms with Crippen LogP contribution in [0.25, 0.3) is 0 Å². The van der Waals surface area contributed by atoms with Gasteiger partial charge >= 0.3 is 0 Å². The third kappa shape index (κ3) is 3.30. The average molecular weight is 425 g/mol. The lowest BCUT2D eigenvalue weighted by atomic mass is 9.81. The van der Waals surface area contributed by atoms with E-state index in [-0.39, 0.29) is 18.1 Å². The van der Waals surface area contributed by atoms with Crippen molar-refractivity contribution in [2.24, 2.45) is 21.8 Å². The van der Waals surface area contributed by atoms with E-state index in [4.69, 9.17) is 42.7 Å². The van der Waals surface area contributed by atoms with Crippen molar-refractivity contribution >= 4 is 41.1 Å². The Hall–Kier alpha value is -1.34. The second-order valence-corrected chi connectivity index (χ2v) is 8.49. The first-order valence-electron chi connectivity index (χ1n) is 9.64. The van der Waals surface area contributed by atoms with Crippen LogP contribution in [0, 0.1) is 11.8 Å². The molecule has 2 fully saturated rings. The molecule has 0 spiro atoms. The van der Waals surface area contributed by atoms with Gasteiger partial charge in [-0.15, -0.1) is 0 Å². The van der Waals surface area contributed by atoms with E-state index in [0.29, 0.717) is 35.2 Å². The Bertz CT molecular complexity index is 781. The lowest BCUT2D eigenvalue weighted by Gasteiger charge is -2.43. The minimum absolute atomic E-state index is 0.0110. The maximum absolute atomic E-state index is 6.52. The maximum Gasteiger partial charge on any atom is 0.133 e. The predicted octanol–water partition coefficient (Wildman–Crippen LogP) is 3.57. The van der Waals surface area contributed by atoms with Crippen LogP contribution in [0.4, 0.5) is 5.69 Å². The molecule has 4 rings (SSSR count). The normalized spacial score (nSPS) is 28.7. The number of amidine groups is 1. The van der Waals surface area contributed by atoms with Crippen LogP contribution in [0.15, 0.2) is 28.2 Å². The van der Waals surface area contributed by atoms with Gasteiger partial charge in [0.05, 0.1) is 35.9 Å². The van der Waals surface area contributed by atoms with Gasteiger partial charge in [0.25, 0.3) is 0 Å². The molecule has 0 aliphatic carbocycles. The van der Waals surface area contributed by atoms with Gasteiger partial charge in [-0.1, -0.05) is 23.2 Å². The first-order valence-corrected chi connectivity index (χ1v) is 10.4. The van der Waals surface area contributed by atoms with Crippen molar-refractivity contribution in [1.29, 1.82) is 0 Å². The molecule has 3 aliphatic heterocycles. The molecule has 6 nitrogen and oxygen atoms in total. The van der Waals surface area contributed by atoms with Gasteiger partial charge < -0.3 is 19.3 Å². The Morgan fingerprint density at radius 2 is 1.96 bits per heavy atom. The molecular weight excluding hydrogens is 399 g/mol. The van der Waals surface area contributed by atoms with E-state index < -0.39 is 0 Å². The molecule has 1 aromatic rings. The van der Waals surface area contributed by atoms with Gasteiger partial charge in [-0.2, -0.15) is 0 Å². The fourth-order valence-electron chi connectivity index (χ4n) is 5.05. The topological polar surface area (TPSA) is 49.7 Å². The van der Waals surface area contributed by atoms with Crippen molar-refractivity contribution in [3.8, 4) is 0 Å². The number of benzene rings is 1. The average Bonchev–Trinajstić information content (AvgIpc) is 2.96. The fraction of sp³-hybridized carbons (Fsp3) is 0.600. The zero-order chi connectivity index (χ0) is 19.8. The van der Waals surface area contributed by atoms with Gasteiger partial charge in [0.2, 0.25) is 0 Å². The predicted molar refractivity (Wildman–Crippen MR) is 114 cm³/mol. The van der Waals surface area contributed by atoms with E-state index in [1.807, 2.05) is 12.1 Å². The van der Waals surface area contributed by atoms with Crippen molar-refractivity contribution in [3.05, 3.63) is 28.2 Å². The summed E-state index contributed by atoms with van der Waals surface area (Å²) in [5.74, 6) is 1.81. The van der Waals surface area contributed by atoms with Crippen LogP contribution >= 0.6 is 23.2 Å². The van der Waals surface area contributed by atoms with Gasteiger partial charge in [-0.3, -0.25) is 0 Å². The van der Waals surface area contributed by atoms with Crippen LogP contribution < -0.4 is 4.90 Å². The Balaban J connectivity index is 1.67. The second-order valence-electron chi connectivity index (χ2n) is 7.65. The zero-order valence-electron chi connectivity index (χ0n) is 16.4. The van der Waals surface area contributed by atoms with Crippen LogP contribution in [-0.4, -0.2) is 69.3 Å². The summed E-state index contributed by atoms with van der Waals surface area (Å²) in [5, 5.41) is 1.30. The summed E-state index contributed by atoms with van der Waals surface area (Å²) >= 11 is 12.6. The van der Waals surface area contributed by atoms with E-state index in [2.05, 4.69) is 16.7 Å². The fourth-order valence-corrected chi connectivity index (χ4v) is 5.56. The van der Waals surface area contributed by atoms with E-state index in [1.54, 1.807) is 26.6 Å². The molecular formula is C20H26Cl2N4O2. The van der Waals surface area contributed by atoms with Crippen LogP contribution in [0.2, 0.25) is 10.0 Å². The number of anilines is 1. The molecule has 3 aliphatic rings. The summed E-state index contributed by atoms with van der Waals surface area (Å²) in [5.41, 5.74) is 0.976. The number of nitrogens with zero attached hydrogens (tertiary/aromatic N) is 4. The number of hydrogen-bond donors (Lipinski definition) is 0. The van der Waals surface area contributed by atoms with Crippen molar-refractivity contribution in [3.63, 3.8) is 0 Å². The molecule has 3 heterocycles. The first-order chi connectivity index (χ1) is 13.6. The van der Waals surface area contributed by atoms with E-state index in [0.717, 1.165) is 24.5 Å². The highest BCUT2D eigenvalue weighted by Crippen LogP contribution is 2.46. The Labute approximate surface area is 176 Å². The highest BCUT2D eigenvalue weighted by molar-refractivity contribution is 6.36. The van der Waals surface area contributed by atoms with Crippen molar-refractivity contribution < 1.29 is 9.47 Å². The molecule has 0 N–H and O–H groups in total. The van der Waals surface area contributed by atoms with E-state index in [1.165, 1.54) is 0 Å². The summed E-state index contributed by atoms with van der Waals surface area (Å²) in [4.78, 5) is 14.2. The summed E-state index contributed by atoms with van der Waals surface area (Å²) in [7, 11) is 3.46. The van der Waals surface area contributed by atoms with Crippen LogP contribution in [0.1, 0.15) is 13.3 Å². The number of methoxy groups -OCH3 is 2. The maximum atomic E-state index is 6.52. The second kappa shape index (κ2) is 8.19. The summed E-state index contributed by atoms with van der Waals surface area (Å²) in [6, 6.07) is 6.15. The number of piperidine rings is 1. The molecule has 8 heteroatoms. The Kier molecular flexibility index (Phi) is 5.83. The number of ether oxygens (including phenoxy) is 2. The van der Waals surface area contributed by atoms with Crippen molar-refractivity contribution in [2.75, 3.05) is 38.9 Å². The van der Waals surface area contributed by atoms with Gasteiger partial charge in [-0.05, 0) is 37.5 Å². The van der Waals surface area contributed by atoms with Crippen LogP contribution in [-0.2, 0) is 9.47 Å². The van der Waals surface area contributed by atoms with E-state index >= 15 is 0 Å². The number of hydrogen-bond acceptors (Lipinski definition) is 6. The van der Waals surface area contributed by atoms with Gasteiger partial charge in [-0.25, -0.2) is 9.98 Å². The monoisotopic (exact) mass is 424 g/mol. The summed E-state index contributed by atoms with van der Waals surface area (Å²) < 4.78 is 11.0. The molecule has 4 unspecified atom stereocenters. The molecule has 2 saturated heterocycles. The summed E-state index contributed by atoms with van der Waals surface area (Å²) in [6.07, 6.45) is 2.74. The number of rotatable bonds is 6. The first kappa shape index (κ1) is 20.0. The van der Waals surface area contributed by atoms with Gasteiger partial charge in [0, 0.05) is 31.8 Å². The summed E-state index contributed by atoms with van der Waals surface area (Å²) in [6.45, 7) is 4.39. The minimum Gasteiger partial charge on any atom is -0.382 e. The molecule has 0 aromatic heterocycles. The number of halogens is 2. The minimum atomic E-state index is -0.0110. The van der Waals surface area contributed by atoms with Crippen LogP contribution in [0.3, 0.4) is 0 Å². The number of likely N-dealkylation sites (tertiary alicyclic amines) is 1. The Morgan fingerprint density at radius 3 is 2.64 bits per heavy atom. The Morgan fingerprint density at radius 1 is 1.21 bits per heavy atom. The molecule has 0 saturated carbocycles. The van der Waals surface area contributed by atoms with Crippen LogP contribution in [0.5, 0.6) is 0 Å². The molecule has 0 bridgehead atoms.